The number of amides is 1. The van der Waals surface area contributed by atoms with Gasteiger partial charge >= 0.3 is 0 Å². The first kappa shape index (κ1) is 12.4. The summed E-state index contributed by atoms with van der Waals surface area (Å²) in [5.41, 5.74) is 2.97. The van der Waals surface area contributed by atoms with Crippen LogP contribution < -0.4 is 5.32 Å². The Balaban J connectivity index is 1.58. The molecule has 2 aliphatic heterocycles. The molecule has 1 amide bonds. The van der Waals surface area contributed by atoms with Crippen molar-refractivity contribution in [3.63, 3.8) is 0 Å². The van der Waals surface area contributed by atoms with Crippen LogP contribution in [0.2, 0.25) is 0 Å². The predicted molar refractivity (Wildman–Crippen MR) is 70.5 cm³/mol. The summed E-state index contributed by atoms with van der Waals surface area (Å²) >= 11 is 0. The summed E-state index contributed by atoms with van der Waals surface area (Å²) in [6.45, 7) is 2.63. The molecule has 102 valence electrons. The number of hydrogen-bond acceptors (Lipinski definition) is 3. The molecule has 0 spiro atoms. The van der Waals surface area contributed by atoms with Crippen LogP contribution in [0.15, 0.2) is 17.7 Å². The van der Waals surface area contributed by atoms with Crippen LogP contribution >= 0.6 is 0 Å². The Hall–Kier alpha value is -1.62. The van der Waals surface area contributed by atoms with E-state index in [2.05, 4.69) is 21.2 Å². The molecule has 1 aromatic rings. The van der Waals surface area contributed by atoms with Crippen molar-refractivity contribution in [3.8, 4) is 0 Å². The maximum atomic E-state index is 11.9. The third-order valence-electron chi connectivity index (χ3n) is 3.60. The van der Waals surface area contributed by atoms with Gasteiger partial charge in [0.15, 0.2) is 0 Å². The molecule has 0 bridgehead atoms. The molecule has 0 radical (unpaired) electrons. The first-order valence-electron chi connectivity index (χ1n) is 6.93. The number of fused-ring (bicyclic) bond motifs is 1. The van der Waals surface area contributed by atoms with Crippen LogP contribution in [0.3, 0.4) is 0 Å². The molecule has 0 aromatic carbocycles. The molecule has 3 heterocycles. The highest BCUT2D eigenvalue weighted by atomic mass is 16.5. The molecule has 0 saturated heterocycles. The van der Waals surface area contributed by atoms with Crippen molar-refractivity contribution in [1.29, 1.82) is 0 Å². The molecule has 5 nitrogen and oxygen atoms in total. The van der Waals surface area contributed by atoms with E-state index >= 15 is 0 Å². The second-order valence-electron chi connectivity index (χ2n) is 5.06. The van der Waals surface area contributed by atoms with Crippen LogP contribution in [0.5, 0.6) is 0 Å². The fourth-order valence-corrected chi connectivity index (χ4v) is 2.56. The van der Waals surface area contributed by atoms with Gasteiger partial charge in [0.25, 0.3) is 0 Å². The van der Waals surface area contributed by atoms with Crippen molar-refractivity contribution >= 4 is 5.91 Å². The SMILES string of the molecule is O=C(NCc1cc2n(n1)CCCC2)C1=CCCOC1. The van der Waals surface area contributed by atoms with Crippen molar-refractivity contribution in [2.75, 3.05) is 13.2 Å². The van der Waals surface area contributed by atoms with E-state index in [0.29, 0.717) is 19.8 Å². The van der Waals surface area contributed by atoms with E-state index < -0.39 is 0 Å². The van der Waals surface area contributed by atoms with Crippen molar-refractivity contribution in [2.24, 2.45) is 0 Å². The van der Waals surface area contributed by atoms with Crippen LogP contribution in [0.1, 0.15) is 30.7 Å². The van der Waals surface area contributed by atoms with E-state index in [1.54, 1.807) is 0 Å². The monoisotopic (exact) mass is 261 g/mol. The maximum absolute atomic E-state index is 11.9. The molecule has 1 N–H and O–H groups in total. The lowest BCUT2D eigenvalue weighted by Crippen LogP contribution is -2.28. The number of ether oxygens (including phenoxy) is 1. The maximum Gasteiger partial charge on any atom is 0.249 e. The predicted octanol–water partition coefficient (Wildman–Crippen LogP) is 1.18. The average molecular weight is 261 g/mol. The lowest BCUT2D eigenvalue weighted by Gasteiger charge is -2.13. The van der Waals surface area contributed by atoms with Gasteiger partial charge in [0.2, 0.25) is 5.91 Å². The Morgan fingerprint density at radius 1 is 1.47 bits per heavy atom. The van der Waals surface area contributed by atoms with Crippen LogP contribution in [-0.2, 0) is 29.0 Å². The molecule has 1 aromatic heterocycles. The van der Waals surface area contributed by atoms with Crippen molar-refractivity contribution in [2.45, 2.75) is 38.8 Å². The highest BCUT2D eigenvalue weighted by Gasteiger charge is 2.15. The van der Waals surface area contributed by atoms with E-state index in [0.717, 1.165) is 30.7 Å². The fraction of sp³-hybridized carbons (Fsp3) is 0.571. The summed E-state index contributed by atoms with van der Waals surface area (Å²) in [5.74, 6) is -0.0364. The molecule has 2 aliphatic rings. The van der Waals surface area contributed by atoms with Gasteiger partial charge in [0.05, 0.1) is 25.5 Å². The van der Waals surface area contributed by atoms with Gasteiger partial charge in [-0.1, -0.05) is 6.08 Å². The van der Waals surface area contributed by atoms with Crippen LogP contribution in [0.4, 0.5) is 0 Å². The quantitative estimate of drug-likeness (QED) is 0.889. The van der Waals surface area contributed by atoms with E-state index in [1.807, 2.05) is 6.08 Å². The summed E-state index contributed by atoms with van der Waals surface area (Å²) < 4.78 is 7.34. The Kier molecular flexibility index (Phi) is 3.64. The third kappa shape index (κ3) is 2.87. The van der Waals surface area contributed by atoms with E-state index in [4.69, 9.17) is 4.74 Å². The minimum atomic E-state index is -0.0364. The Morgan fingerprint density at radius 2 is 2.42 bits per heavy atom. The van der Waals surface area contributed by atoms with Crippen molar-refractivity contribution in [1.82, 2.24) is 15.1 Å². The van der Waals surface area contributed by atoms with Crippen LogP contribution in [-0.4, -0.2) is 28.9 Å². The van der Waals surface area contributed by atoms with E-state index in [1.165, 1.54) is 18.5 Å². The third-order valence-corrected chi connectivity index (χ3v) is 3.60. The summed E-state index contributed by atoms with van der Waals surface area (Å²) in [6.07, 6.45) is 6.31. The smallest absolute Gasteiger partial charge is 0.249 e. The van der Waals surface area contributed by atoms with Gasteiger partial charge in [0.1, 0.15) is 0 Å². The van der Waals surface area contributed by atoms with Gasteiger partial charge < -0.3 is 10.1 Å². The number of hydrogen-bond donors (Lipinski definition) is 1. The first-order chi connectivity index (χ1) is 9.33. The largest absolute Gasteiger partial charge is 0.376 e. The number of carbonyl (C=O) groups is 1. The Labute approximate surface area is 112 Å². The molecule has 0 aliphatic carbocycles. The molecular formula is C14H19N3O2. The molecule has 0 saturated carbocycles. The number of aromatic nitrogens is 2. The minimum absolute atomic E-state index is 0.0364. The zero-order valence-corrected chi connectivity index (χ0v) is 11.0. The lowest BCUT2D eigenvalue weighted by molar-refractivity contribution is -0.118. The fourth-order valence-electron chi connectivity index (χ4n) is 2.56. The zero-order chi connectivity index (χ0) is 13.1. The summed E-state index contributed by atoms with van der Waals surface area (Å²) in [7, 11) is 0. The Bertz CT molecular complexity index is 481. The topological polar surface area (TPSA) is 56.2 Å². The molecule has 0 fully saturated rings. The van der Waals surface area contributed by atoms with Gasteiger partial charge in [-0.05, 0) is 31.7 Å². The van der Waals surface area contributed by atoms with Crippen molar-refractivity contribution in [3.05, 3.63) is 29.1 Å². The lowest BCUT2D eigenvalue weighted by atomic mass is 10.1. The molecule has 19 heavy (non-hydrogen) atoms. The molecule has 0 atom stereocenters. The zero-order valence-electron chi connectivity index (χ0n) is 11.0. The number of nitrogens with zero attached hydrogens (tertiary/aromatic N) is 2. The normalized spacial score (nSPS) is 18.6. The number of carbonyl (C=O) groups excluding carboxylic acids is 1. The summed E-state index contributed by atoms with van der Waals surface area (Å²) in [6, 6.07) is 2.10. The second-order valence-corrected chi connectivity index (χ2v) is 5.06. The average Bonchev–Trinajstić information content (AvgIpc) is 2.88. The molecule has 3 rings (SSSR count). The summed E-state index contributed by atoms with van der Waals surface area (Å²) in [5, 5.41) is 7.43. The van der Waals surface area contributed by atoms with Gasteiger partial charge in [-0.3, -0.25) is 9.48 Å². The number of aryl methyl sites for hydroxylation is 2. The van der Waals surface area contributed by atoms with Gasteiger partial charge in [-0.25, -0.2) is 0 Å². The van der Waals surface area contributed by atoms with Gasteiger partial charge in [-0.2, -0.15) is 5.10 Å². The molecule has 5 heteroatoms. The number of rotatable bonds is 3. The van der Waals surface area contributed by atoms with Gasteiger partial charge in [-0.15, -0.1) is 0 Å². The van der Waals surface area contributed by atoms with Crippen LogP contribution in [0, 0.1) is 0 Å². The van der Waals surface area contributed by atoms with E-state index in [9.17, 15) is 4.79 Å². The summed E-state index contributed by atoms with van der Waals surface area (Å²) in [4.78, 5) is 11.9. The van der Waals surface area contributed by atoms with Crippen LogP contribution in [0.25, 0.3) is 0 Å². The standard InChI is InChI=1S/C14H19N3O2/c18-14(11-4-3-7-19-10-11)15-9-12-8-13-5-1-2-6-17(13)16-12/h4,8H,1-3,5-7,9-10H2,(H,15,18). The Morgan fingerprint density at radius 3 is 3.21 bits per heavy atom. The first-order valence-corrected chi connectivity index (χ1v) is 6.93. The number of nitrogens with one attached hydrogen (secondary N) is 1. The highest BCUT2D eigenvalue weighted by Crippen LogP contribution is 2.15. The van der Waals surface area contributed by atoms with Crippen molar-refractivity contribution < 1.29 is 9.53 Å². The highest BCUT2D eigenvalue weighted by molar-refractivity contribution is 5.93. The van der Waals surface area contributed by atoms with Gasteiger partial charge in [0, 0.05) is 17.8 Å². The van der Waals surface area contributed by atoms with E-state index in [-0.39, 0.29) is 5.91 Å². The molecule has 0 unspecified atom stereocenters. The molecular weight excluding hydrogens is 242 g/mol. The second kappa shape index (κ2) is 5.57. The minimum Gasteiger partial charge on any atom is -0.376 e.